The van der Waals surface area contributed by atoms with Gasteiger partial charge in [-0.05, 0) is 43.0 Å². The number of aryl methyl sites for hydroxylation is 3. The first-order chi connectivity index (χ1) is 5.15. The minimum atomic E-state index is 0.903. The van der Waals surface area contributed by atoms with Gasteiger partial charge in [0, 0.05) is 5.69 Å². The van der Waals surface area contributed by atoms with Crippen molar-refractivity contribution in [3.05, 3.63) is 28.8 Å². The Morgan fingerprint density at radius 1 is 1.18 bits per heavy atom. The fraction of sp³-hybridized carbons (Fsp3) is 0.400. The van der Waals surface area contributed by atoms with Crippen molar-refractivity contribution in [3.63, 3.8) is 0 Å². The van der Waals surface area contributed by atoms with E-state index in [0.717, 1.165) is 12.1 Å². The topological polar surface area (TPSA) is 26.0 Å². The molecule has 0 unspecified atom stereocenters. The third-order valence-electron chi connectivity index (χ3n) is 2.11. The molecule has 0 radical (unpaired) electrons. The van der Waals surface area contributed by atoms with Gasteiger partial charge in [-0.25, -0.2) is 0 Å². The average Bonchev–Trinajstić information content (AvgIpc) is 1.97. The smallest absolute Gasteiger partial charge is 0.0346 e. The van der Waals surface area contributed by atoms with Crippen LogP contribution in [0.15, 0.2) is 12.1 Å². The van der Waals surface area contributed by atoms with E-state index in [0.29, 0.717) is 0 Å². The van der Waals surface area contributed by atoms with Gasteiger partial charge in [-0.2, -0.15) is 0 Å². The number of hydrogen-bond acceptors (Lipinski definition) is 1. The Labute approximate surface area is 68.2 Å². The normalized spacial score (nSPS) is 10.1. The van der Waals surface area contributed by atoms with Gasteiger partial charge < -0.3 is 5.73 Å². The molecule has 0 spiro atoms. The molecule has 1 rings (SSSR count). The van der Waals surface area contributed by atoms with Crippen LogP contribution in [0.1, 0.15) is 23.6 Å². The van der Waals surface area contributed by atoms with Crippen LogP contribution in [-0.2, 0) is 6.42 Å². The Morgan fingerprint density at radius 3 is 2.36 bits per heavy atom. The molecule has 0 atom stereocenters. The molecule has 0 aromatic heterocycles. The Bertz CT molecular complexity index is 264. The Balaban J connectivity index is 3.21. The van der Waals surface area contributed by atoms with Crippen LogP contribution in [0, 0.1) is 13.8 Å². The molecule has 0 aliphatic heterocycles. The zero-order valence-corrected chi connectivity index (χ0v) is 7.44. The van der Waals surface area contributed by atoms with Crippen molar-refractivity contribution in [2.24, 2.45) is 0 Å². The number of anilines is 1. The maximum absolute atomic E-state index is 5.74. The Hall–Kier alpha value is -0.980. The summed E-state index contributed by atoms with van der Waals surface area (Å²) in [7, 11) is 0. The van der Waals surface area contributed by atoms with E-state index in [9.17, 15) is 0 Å². The number of hydrogen-bond donors (Lipinski definition) is 1. The predicted octanol–water partition coefficient (Wildman–Crippen LogP) is 2.45. The van der Waals surface area contributed by atoms with Gasteiger partial charge in [0.25, 0.3) is 0 Å². The molecule has 0 bridgehead atoms. The predicted molar refractivity (Wildman–Crippen MR) is 49.7 cm³/mol. The van der Waals surface area contributed by atoms with Crippen molar-refractivity contribution in [2.75, 3.05) is 5.73 Å². The summed E-state index contributed by atoms with van der Waals surface area (Å²) in [5, 5.41) is 0. The van der Waals surface area contributed by atoms with Gasteiger partial charge in [-0.1, -0.05) is 13.0 Å². The third-order valence-corrected chi connectivity index (χ3v) is 2.11. The monoisotopic (exact) mass is 149 g/mol. The first-order valence-electron chi connectivity index (χ1n) is 4.00. The standard InChI is InChI=1S/C10H15N/c1-4-9-5-8(3)10(11)6-7(9)2/h5-6H,4,11H2,1-3H3. The minimum Gasteiger partial charge on any atom is -0.399 e. The largest absolute Gasteiger partial charge is 0.399 e. The molecule has 1 aromatic rings. The highest BCUT2D eigenvalue weighted by Gasteiger charge is 1.98. The zero-order valence-electron chi connectivity index (χ0n) is 7.44. The van der Waals surface area contributed by atoms with Gasteiger partial charge in [0.05, 0.1) is 0 Å². The molecule has 1 aromatic carbocycles. The van der Waals surface area contributed by atoms with Crippen molar-refractivity contribution in [1.29, 1.82) is 0 Å². The van der Waals surface area contributed by atoms with Crippen molar-refractivity contribution < 1.29 is 0 Å². The Morgan fingerprint density at radius 2 is 1.82 bits per heavy atom. The van der Waals surface area contributed by atoms with Gasteiger partial charge in [0.2, 0.25) is 0 Å². The lowest BCUT2D eigenvalue weighted by Gasteiger charge is -2.06. The fourth-order valence-corrected chi connectivity index (χ4v) is 1.28. The summed E-state index contributed by atoms with van der Waals surface area (Å²) in [6.45, 7) is 6.32. The van der Waals surface area contributed by atoms with Gasteiger partial charge in [0.15, 0.2) is 0 Å². The van der Waals surface area contributed by atoms with Gasteiger partial charge in [-0.3, -0.25) is 0 Å². The molecule has 2 N–H and O–H groups in total. The summed E-state index contributed by atoms with van der Waals surface area (Å²) in [5.41, 5.74) is 10.5. The van der Waals surface area contributed by atoms with Gasteiger partial charge in [-0.15, -0.1) is 0 Å². The number of nitrogen functional groups attached to an aromatic ring is 1. The molecule has 0 amide bonds. The van der Waals surface area contributed by atoms with Crippen LogP contribution in [0.3, 0.4) is 0 Å². The molecule has 11 heavy (non-hydrogen) atoms. The summed E-state index contributed by atoms with van der Waals surface area (Å²) >= 11 is 0. The van der Waals surface area contributed by atoms with E-state index in [4.69, 9.17) is 5.73 Å². The summed E-state index contributed by atoms with van der Waals surface area (Å²) in [4.78, 5) is 0. The quantitative estimate of drug-likeness (QED) is 0.610. The molecular weight excluding hydrogens is 134 g/mol. The van der Waals surface area contributed by atoms with E-state index in [-0.39, 0.29) is 0 Å². The third kappa shape index (κ3) is 1.53. The van der Waals surface area contributed by atoms with Crippen LogP contribution >= 0.6 is 0 Å². The van der Waals surface area contributed by atoms with E-state index in [1.165, 1.54) is 16.7 Å². The molecule has 0 heterocycles. The van der Waals surface area contributed by atoms with E-state index in [1.54, 1.807) is 0 Å². The van der Waals surface area contributed by atoms with Crippen LogP contribution < -0.4 is 5.73 Å². The summed E-state index contributed by atoms with van der Waals surface area (Å²) in [5.74, 6) is 0. The molecule has 0 saturated heterocycles. The molecule has 60 valence electrons. The number of nitrogens with two attached hydrogens (primary N) is 1. The van der Waals surface area contributed by atoms with Crippen LogP contribution in [-0.4, -0.2) is 0 Å². The molecule has 1 heteroatoms. The van der Waals surface area contributed by atoms with Crippen LogP contribution in [0.25, 0.3) is 0 Å². The highest BCUT2D eigenvalue weighted by atomic mass is 14.6. The van der Waals surface area contributed by atoms with Gasteiger partial charge >= 0.3 is 0 Å². The fourth-order valence-electron chi connectivity index (χ4n) is 1.28. The average molecular weight is 149 g/mol. The highest BCUT2D eigenvalue weighted by Crippen LogP contribution is 2.17. The summed E-state index contributed by atoms with van der Waals surface area (Å²) in [6, 6.07) is 4.22. The second kappa shape index (κ2) is 2.95. The lowest BCUT2D eigenvalue weighted by molar-refractivity contribution is 1.10. The molecule has 0 aliphatic rings. The van der Waals surface area contributed by atoms with Crippen LogP contribution in [0.2, 0.25) is 0 Å². The lowest BCUT2D eigenvalue weighted by Crippen LogP contribution is -1.94. The van der Waals surface area contributed by atoms with Crippen molar-refractivity contribution in [1.82, 2.24) is 0 Å². The first kappa shape index (κ1) is 8.12. The lowest BCUT2D eigenvalue weighted by atomic mass is 10.0. The van der Waals surface area contributed by atoms with Crippen LogP contribution in [0.5, 0.6) is 0 Å². The SMILES string of the molecule is CCc1cc(C)c(N)cc1C. The zero-order chi connectivity index (χ0) is 8.43. The van der Waals surface area contributed by atoms with Crippen molar-refractivity contribution in [2.45, 2.75) is 27.2 Å². The van der Waals surface area contributed by atoms with E-state index >= 15 is 0 Å². The number of benzene rings is 1. The Kier molecular flexibility index (Phi) is 2.18. The molecular formula is C10H15N. The maximum atomic E-state index is 5.74. The highest BCUT2D eigenvalue weighted by molar-refractivity contribution is 5.51. The maximum Gasteiger partial charge on any atom is 0.0346 e. The van der Waals surface area contributed by atoms with Gasteiger partial charge in [0.1, 0.15) is 0 Å². The van der Waals surface area contributed by atoms with E-state index in [1.807, 2.05) is 13.0 Å². The minimum absolute atomic E-state index is 0.903. The van der Waals surface area contributed by atoms with Crippen LogP contribution in [0.4, 0.5) is 5.69 Å². The summed E-state index contributed by atoms with van der Waals surface area (Å²) < 4.78 is 0. The molecule has 1 nitrogen and oxygen atoms in total. The number of rotatable bonds is 1. The molecule has 0 saturated carbocycles. The second-order valence-electron chi connectivity index (χ2n) is 2.99. The van der Waals surface area contributed by atoms with Crippen molar-refractivity contribution >= 4 is 5.69 Å². The first-order valence-corrected chi connectivity index (χ1v) is 4.00. The van der Waals surface area contributed by atoms with E-state index in [2.05, 4.69) is 19.9 Å². The second-order valence-corrected chi connectivity index (χ2v) is 2.99. The molecule has 0 aliphatic carbocycles. The summed E-state index contributed by atoms with van der Waals surface area (Å²) in [6.07, 6.45) is 1.09. The van der Waals surface area contributed by atoms with Crippen molar-refractivity contribution in [3.8, 4) is 0 Å². The van der Waals surface area contributed by atoms with E-state index < -0.39 is 0 Å². The molecule has 0 fully saturated rings.